The van der Waals surface area contributed by atoms with Crippen molar-refractivity contribution in [1.82, 2.24) is 65.4 Å². The highest BCUT2D eigenvalue weighted by Gasteiger charge is 2.38. The van der Waals surface area contributed by atoms with Gasteiger partial charge in [-0.2, -0.15) is 0 Å². The number of hydrogen-bond donors (Lipinski definition) is 4. The molecule has 0 aromatic heterocycles. The fourth-order valence-electron chi connectivity index (χ4n) is 27.4. The lowest BCUT2D eigenvalue weighted by molar-refractivity contribution is 0.0515. The third-order valence-corrected chi connectivity index (χ3v) is 37.1. The van der Waals surface area contributed by atoms with E-state index >= 15 is 0 Å². The Morgan fingerprint density at radius 3 is 0.595 bits per heavy atom. The molecule has 0 spiro atoms. The second-order valence-corrected chi connectivity index (χ2v) is 49.3. The molecule has 0 radical (unpaired) electrons. The largest absolute Gasteiger partial charge is 0.317 e. The van der Waals surface area contributed by atoms with Crippen molar-refractivity contribution in [2.24, 2.45) is 136 Å². The zero-order chi connectivity index (χ0) is 89.7. The van der Waals surface area contributed by atoms with E-state index in [1.807, 2.05) is 0 Å². The molecular formula is C113H221N13. The number of likely N-dealkylation sites (tertiary alicyclic amines) is 9. The van der Waals surface area contributed by atoms with Crippen LogP contribution in [0.15, 0.2) is 0 Å². The summed E-state index contributed by atoms with van der Waals surface area (Å²) in [6.07, 6.45) is 59.4. The maximum Gasteiger partial charge on any atom is 0.00672 e. The zero-order valence-corrected chi connectivity index (χ0v) is 87.7. The first-order chi connectivity index (χ1) is 61.0. The molecule has 4 N–H and O–H groups in total. The van der Waals surface area contributed by atoms with Crippen LogP contribution < -0.4 is 21.3 Å². The molecule has 0 amide bonds. The summed E-state index contributed by atoms with van der Waals surface area (Å²) in [4.78, 5) is 24.1. The zero-order valence-electron chi connectivity index (χ0n) is 87.7. The van der Waals surface area contributed by atoms with Crippen molar-refractivity contribution in [2.75, 3.05) is 205 Å². The molecule has 738 valence electrons. The highest BCUT2D eigenvalue weighted by molar-refractivity contribution is 4.92. The summed E-state index contributed by atoms with van der Waals surface area (Å²) in [5.74, 6) is 23.1. The molecule has 0 bridgehead atoms. The summed E-state index contributed by atoms with van der Waals surface area (Å²) in [5.41, 5.74) is 0. The second kappa shape index (κ2) is 58.9. The molecule has 13 nitrogen and oxygen atoms in total. The summed E-state index contributed by atoms with van der Waals surface area (Å²) >= 11 is 0. The van der Waals surface area contributed by atoms with Gasteiger partial charge in [0, 0.05) is 142 Å². The molecule has 9 aliphatic carbocycles. The standard InChI is InChI=1S/C15H29N.C14H27N.C13H26N2.C13H25N.2C12H24N2.C12H23N.C11H22N2.C11H21N/c1-3-14-4-6-15(7-5-14)12-16-10-8-13(2)9-11-16;1-3-13-4-6-14(7-5-13)11-15-9-8-12(2)10-15;1-11-5-7-15(8-6-11)10-12-3-4-13(9-12)14-2;1-3-12-8-13(9-12)10-14-6-4-11(2)5-7-14;1-10-7-14(8-10)9-11-3-5-12(13-2)6-4-11;1-10-5-6-14(8-10)9-11-3-4-12(7-11)13-2;1-3-11-6-12(7-11)9-13-5-4-10(2)8-13;1-9-6-13(7-9)8-10-3-4-11(5-10)12-2;1-3-10-4-11(5-10)8-12-6-9(2)7-12/h13-15H,3-12H2,1-2H3;12-14H,3-11H2,1-2H3;11-14H,3-10H2,1-2H3;11-13H,3-10H2,1-2H3;2*10-13H,3-9H2,1-2H3;10-12H,3-9H2,1-2H3;9-12H,3-8H2,1-2H3;9-11H,3-8H2,1-2H3/t;12-,13?,14?;;;;2*10-,11?,12?;;/m.0...00../s1. The fourth-order valence-corrected chi connectivity index (χ4v) is 27.4. The van der Waals surface area contributed by atoms with E-state index in [0.29, 0.717) is 0 Å². The van der Waals surface area contributed by atoms with E-state index in [9.17, 15) is 0 Å². The summed E-state index contributed by atoms with van der Waals surface area (Å²) in [6.45, 7) is 70.1. The Balaban J connectivity index is 0.000000148. The fraction of sp³-hybridized carbons (Fsp3) is 1.00. The van der Waals surface area contributed by atoms with Gasteiger partial charge in [-0.05, 0) is 429 Å². The van der Waals surface area contributed by atoms with Crippen molar-refractivity contribution in [3.8, 4) is 0 Å². The van der Waals surface area contributed by atoms with Gasteiger partial charge in [0.25, 0.3) is 0 Å². The first kappa shape index (κ1) is 108. The lowest BCUT2D eigenvalue weighted by atomic mass is 9.73. The van der Waals surface area contributed by atoms with E-state index in [4.69, 9.17) is 0 Å². The summed E-state index contributed by atoms with van der Waals surface area (Å²) < 4.78 is 0. The average molecular weight is 1760 g/mol. The molecule has 13 heteroatoms. The van der Waals surface area contributed by atoms with Gasteiger partial charge in [-0.3, -0.25) is 0 Å². The van der Waals surface area contributed by atoms with Crippen LogP contribution in [0.25, 0.3) is 0 Å². The molecule has 9 heterocycles. The third kappa shape index (κ3) is 39.9. The smallest absolute Gasteiger partial charge is 0.00672 e. The molecule has 0 aromatic rings. The molecule has 18 aliphatic rings. The number of rotatable bonds is 27. The van der Waals surface area contributed by atoms with Crippen molar-refractivity contribution >= 4 is 0 Å². The number of nitrogens with one attached hydrogen (secondary N) is 4. The Hall–Kier alpha value is -0.520. The molecule has 6 unspecified atom stereocenters. The molecule has 18 fully saturated rings. The van der Waals surface area contributed by atoms with Gasteiger partial charge in [-0.15, -0.1) is 0 Å². The van der Waals surface area contributed by atoms with Crippen LogP contribution in [0.4, 0.5) is 0 Å². The van der Waals surface area contributed by atoms with E-state index in [1.165, 1.54) is 440 Å². The molecular weight excluding hydrogens is 1540 g/mol. The minimum atomic E-state index is 0.804. The highest BCUT2D eigenvalue weighted by Crippen LogP contribution is 2.42. The van der Waals surface area contributed by atoms with Crippen molar-refractivity contribution in [3.63, 3.8) is 0 Å². The molecule has 126 heavy (non-hydrogen) atoms. The normalized spacial score (nSPS) is 36.9. The second-order valence-electron chi connectivity index (χ2n) is 49.3. The van der Waals surface area contributed by atoms with Gasteiger partial charge >= 0.3 is 0 Å². The monoisotopic (exact) mass is 1760 g/mol. The third-order valence-electron chi connectivity index (χ3n) is 37.1. The van der Waals surface area contributed by atoms with Gasteiger partial charge in [-0.1, -0.05) is 155 Å². The van der Waals surface area contributed by atoms with E-state index in [0.717, 1.165) is 160 Å². The van der Waals surface area contributed by atoms with E-state index in [-0.39, 0.29) is 0 Å². The maximum atomic E-state index is 3.42. The highest BCUT2D eigenvalue weighted by atomic mass is 15.2. The molecule has 9 saturated heterocycles. The summed E-state index contributed by atoms with van der Waals surface area (Å²) in [7, 11) is 8.40. The van der Waals surface area contributed by atoms with Crippen molar-refractivity contribution in [3.05, 3.63) is 0 Å². The van der Waals surface area contributed by atoms with Crippen LogP contribution in [-0.2, 0) is 0 Å². The van der Waals surface area contributed by atoms with Gasteiger partial charge < -0.3 is 65.4 Å². The SMILES string of the molecule is CCC1CC(CN2CC(C)C2)C1.CCC1CC(CN2CCC(C)CC2)C1.CCC1CC(CN2CC[C@H](C)C2)C1.CCC1CCC(CN2CCC(C)CC2)CC1.CCC1CCC(CN2CC[C@H](C)C2)CC1.CNC1CCC(CN2CC(C)C2)C1.CNC1CCC(CN2CC(C)C2)CC1.CNC1CCC(CN2CCC(C)CC2)C1.CNC1CCC(CN2CC[C@H](C)C2)C1. The first-order valence-corrected chi connectivity index (χ1v) is 57.2. The van der Waals surface area contributed by atoms with Crippen LogP contribution in [0.5, 0.6) is 0 Å². The van der Waals surface area contributed by atoms with Gasteiger partial charge in [0.05, 0.1) is 0 Å². The predicted molar refractivity (Wildman–Crippen MR) is 548 cm³/mol. The minimum absolute atomic E-state index is 0.804. The Kier molecular flexibility index (Phi) is 50.3. The summed E-state index contributed by atoms with van der Waals surface area (Å²) in [6, 6.07) is 3.23. The summed E-state index contributed by atoms with van der Waals surface area (Å²) in [5, 5.41) is 13.6. The van der Waals surface area contributed by atoms with Crippen molar-refractivity contribution < 1.29 is 0 Å². The Morgan fingerprint density at radius 2 is 0.341 bits per heavy atom. The molecule has 0 aromatic carbocycles. The van der Waals surface area contributed by atoms with Crippen LogP contribution in [0.1, 0.15) is 360 Å². The van der Waals surface area contributed by atoms with E-state index in [2.05, 4.69) is 190 Å². The lowest BCUT2D eigenvalue weighted by Gasteiger charge is -2.44. The Labute approximate surface area is 786 Å². The quantitative estimate of drug-likeness (QED) is 0.0631. The Bertz CT molecular complexity index is 2670. The molecule has 9 atom stereocenters. The maximum absolute atomic E-state index is 3.42. The van der Waals surface area contributed by atoms with Crippen LogP contribution in [0, 0.1) is 136 Å². The molecule has 18 rings (SSSR count). The van der Waals surface area contributed by atoms with Crippen LogP contribution >= 0.6 is 0 Å². The number of piperidine rings is 3. The van der Waals surface area contributed by atoms with Crippen LogP contribution in [-0.4, -0.2) is 273 Å². The van der Waals surface area contributed by atoms with Crippen LogP contribution in [0.2, 0.25) is 0 Å². The number of nitrogens with zero attached hydrogens (tertiary/aromatic N) is 9. The van der Waals surface area contributed by atoms with E-state index < -0.39 is 0 Å². The van der Waals surface area contributed by atoms with Gasteiger partial charge in [0.2, 0.25) is 0 Å². The van der Waals surface area contributed by atoms with Gasteiger partial charge in [-0.25, -0.2) is 0 Å². The van der Waals surface area contributed by atoms with Crippen molar-refractivity contribution in [2.45, 2.75) is 384 Å². The Morgan fingerprint density at radius 1 is 0.159 bits per heavy atom. The first-order valence-electron chi connectivity index (χ1n) is 57.2. The van der Waals surface area contributed by atoms with Crippen molar-refractivity contribution in [1.29, 1.82) is 0 Å². The number of hydrogen-bond acceptors (Lipinski definition) is 13. The van der Waals surface area contributed by atoms with Gasteiger partial charge in [0.15, 0.2) is 0 Å². The van der Waals surface area contributed by atoms with Crippen LogP contribution in [0.3, 0.4) is 0 Å². The molecule has 9 saturated carbocycles. The average Bonchev–Trinajstić information content (AvgIpc) is 0.841. The van der Waals surface area contributed by atoms with Gasteiger partial charge in [0.1, 0.15) is 0 Å². The van der Waals surface area contributed by atoms with E-state index in [1.54, 1.807) is 0 Å². The minimum Gasteiger partial charge on any atom is -0.317 e. The molecule has 9 aliphatic heterocycles. The lowest BCUT2D eigenvalue weighted by Crippen LogP contribution is -2.48. The predicted octanol–water partition coefficient (Wildman–Crippen LogP) is 22.6. The topological polar surface area (TPSA) is 77.3 Å².